The van der Waals surface area contributed by atoms with Gasteiger partial charge >= 0.3 is 0 Å². The molecule has 23 heavy (non-hydrogen) atoms. The van der Waals surface area contributed by atoms with Crippen molar-refractivity contribution in [2.45, 2.75) is 19.6 Å². The minimum atomic E-state index is 0.145. The van der Waals surface area contributed by atoms with Crippen molar-refractivity contribution in [2.24, 2.45) is 0 Å². The van der Waals surface area contributed by atoms with Crippen LogP contribution in [-0.2, 0) is 11.3 Å². The molecule has 0 aliphatic carbocycles. The summed E-state index contributed by atoms with van der Waals surface area (Å²) in [4.78, 5) is 4.79. The molecule has 0 spiro atoms. The van der Waals surface area contributed by atoms with Crippen LogP contribution in [0.4, 0.5) is 5.69 Å². The molecule has 0 saturated carbocycles. The fraction of sp³-hybridized carbons (Fsp3) is 0.500. The van der Waals surface area contributed by atoms with E-state index in [0.29, 0.717) is 0 Å². The van der Waals surface area contributed by atoms with Crippen LogP contribution in [0.25, 0.3) is 0 Å². The molecule has 2 aromatic rings. The van der Waals surface area contributed by atoms with Gasteiger partial charge in [0.05, 0.1) is 18.9 Å². The molecular weight excluding hydrogens is 288 g/mol. The Morgan fingerprint density at radius 2 is 2.13 bits per heavy atom. The predicted octanol–water partition coefficient (Wildman–Crippen LogP) is 2.41. The van der Waals surface area contributed by atoms with Gasteiger partial charge in [0.25, 0.3) is 0 Å². The Hall–Kier alpha value is -1.85. The fourth-order valence-electron chi connectivity index (χ4n) is 2.93. The van der Waals surface area contributed by atoms with Crippen LogP contribution in [0.5, 0.6) is 0 Å². The van der Waals surface area contributed by atoms with E-state index in [0.717, 1.165) is 39.3 Å². The summed E-state index contributed by atoms with van der Waals surface area (Å²) in [6.45, 7) is 7.80. The first-order valence-electron chi connectivity index (χ1n) is 8.38. The van der Waals surface area contributed by atoms with E-state index in [4.69, 9.17) is 4.74 Å². The number of aryl methyl sites for hydroxylation is 1. The Labute approximate surface area is 138 Å². The van der Waals surface area contributed by atoms with Crippen molar-refractivity contribution in [2.75, 3.05) is 44.7 Å². The zero-order valence-electron chi connectivity index (χ0n) is 14.1. The smallest absolute Gasteiger partial charge is 0.0982 e. The number of anilines is 1. The van der Waals surface area contributed by atoms with Gasteiger partial charge in [-0.15, -0.1) is 0 Å². The summed E-state index contributed by atoms with van der Waals surface area (Å²) < 4.78 is 7.89. The first kappa shape index (κ1) is 16.0. The Kier molecular flexibility index (Phi) is 5.31. The third-order valence-electron chi connectivity index (χ3n) is 4.45. The number of hydrogen-bond acceptors (Lipinski definition) is 4. The highest BCUT2D eigenvalue weighted by Gasteiger charge is 2.23. The van der Waals surface area contributed by atoms with Crippen molar-refractivity contribution < 1.29 is 4.74 Å². The summed E-state index contributed by atoms with van der Waals surface area (Å²) in [5.74, 6) is 0. The number of aromatic nitrogens is 2. The zero-order valence-corrected chi connectivity index (χ0v) is 14.1. The van der Waals surface area contributed by atoms with Crippen molar-refractivity contribution in [3.05, 3.63) is 48.3 Å². The molecule has 1 atom stereocenters. The molecule has 1 fully saturated rings. The molecule has 124 valence electrons. The second-order valence-corrected chi connectivity index (χ2v) is 6.05. The van der Waals surface area contributed by atoms with Gasteiger partial charge in [0.15, 0.2) is 0 Å². The minimum absolute atomic E-state index is 0.145. The number of benzene rings is 1. The Morgan fingerprint density at radius 3 is 2.87 bits per heavy atom. The highest BCUT2D eigenvalue weighted by atomic mass is 16.5. The maximum atomic E-state index is 5.93. The second-order valence-electron chi connectivity index (χ2n) is 6.05. The normalized spacial score (nSPS) is 19.0. The van der Waals surface area contributed by atoms with Gasteiger partial charge in [0.1, 0.15) is 0 Å². The van der Waals surface area contributed by atoms with Crippen LogP contribution in [0.3, 0.4) is 0 Å². The average molecular weight is 314 g/mol. The van der Waals surface area contributed by atoms with Gasteiger partial charge in [-0.2, -0.15) is 5.10 Å². The van der Waals surface area contributed by atoms with E-state index in [-0.39, 0.29) is 6.10 Å². The number of hydrogen-bond donors (Lipinski definition) is 0. The van der Waals surface area contributed by atoms with Crippen LogP contribution in [0.1, 0.15) is 18.6 Å². The monoisotopic (exact) mass is 314 g/mol. The topological polar surface area (TPSA) is 33.5 Å². The Morgan fingerprint density at radius 1 is 1.30 bits per heavy atom. The molecule has 1 saturated heterocycles. The zero-order chi connectivity index (χ0) is 16.1. The van der Waals surface area contributed by atoms with Crippen molar-refractivity contribution in [1.29, 1.82) is 0 Å². The summed E-state index contributed by atoms with van der Waals surface area (Å²) >= 11 is 0. The molecule has 5 heteroatoms. The predicted molar refractivity (Wildman–Crippen MR) is 92.7 cm³/mol. The molecule has 0 amide bonds. The van der Waals surface area contributed by atoms with E-state index in [1.165, 1.54) is 11.3 Å². The number of nitrogens with zero attached hydrogens (tertiary/aromatic N) is 4. The van der Waals surface area contributed by atoms with Crippen LogP contribution in [0.2, 0.25) is 0 Å². The molecule has 0 N–H and O–H groups in total. The van der Waals surface area contributed by atoms with Crippen molar-refractivity contribution in [3.8, 4) is 0 Å². The third-order valence-corrected chi connectivity index (χ3v) is 4.45. The quantitative estimate of drug-likeness (QED) is 0.820. The van der Waals surface area contributed by atoms with Crippen molar-refractivity contribution >= 4 is 5.69 Å². The summed E-state index contributed by atoms with van der Waals surface area (Å²) in [6.07, 6.45) is 4.18. The van der Waals surface area contributed by atoms with Crippen LogP contribution in [0.15, 0.2) is 42.7 Å². The van der Waals surface area contributed by atoms with Gasteiger partial charge in [-0.25, -0.2) is 0 Å². The molecule has 1 aromatic heterocycles. The van der Waals surface area contributed by atoms with E-state index in [2.05, 4.69) is 65.4 Å². The summed E-state index contributed by atoms with van der Waals surface area (Å²) in [6, 6.07) is 10.5. The highest BCUT2D eigenvalue weighted by molar-refractivity contribution is 5.44. The maximum absolute atomic E-state index is 5.93. The molecule has 1 aromatic carbocycles. The SMILES string of the molecule is CCn1cc([C@H]2CN(CCN(C)c3ccccc3)CCO2)cn1. The summed E-state index contributed by atoms with van der Waals surface area (Å²) in [7, 11) is 2.15. The lowest BCUT2D eigenvalue weighted by Gasteiger charge is -2.33. The van der Waals surface area contributed by atoms with Gasteiger partial charge < -0.3 is 9.64 Å². The lowest BCUT2D eigenvalue weighted by Crippen LogP contribution is -2.42. The van der Waals surface area contributed by atoms with Gasteiger partial charge in [0, 0.05) is 57.2 Å². The molecule has 0 unspecified atom stereocenters. The van der Waals surface area contributed by atoms with Gasteiger partial charge in [-0.3, -0.25) is 9.58 Å². The molecule has 1 aliphatic heterocycles. The number of para-hydroxylation sites is 1. The number of morpholine rings is 1. The molecule has 1 aliphatic rings. The molecule has 0 radical (unpaired) electrons. The number of rotatable bonds is 6. The summed E-state index contributed by atoms with van der Waals surface area (Å²) in [5, 5.41) is 4.36. The largest absolute Gasteiger partial charge is 0.373 e. The Bertz CT molecular complexity index is 598. The van der Waals surface area contributed by atoms with E-state index in [1.54, 1.807) is 0 Å². The van der Waals surface area contributed by atoms with E-state index in [1.807, 2.05) is 10.9 Å². The van der Waals surface area contributed by atoms with E-state index >= 15 is 0 Å². The fourth-order valence-corrected chi connectivity index (χ4v) is 2.93. The van der Waals surface area contributed by atoms with Crippen molar-refractivity contribution in [3.63, 3.8) is 0 Å². The number of ether oxygens (including phenoxy) is 1. The first-order chi connectivity index (χ1) is 11.3. The Balaban J connectivity index is 1.52. The van der Waals surface area contributed by atoms with Gasteiger partial charge in [-0.05, 0) is 19.1 Å². The van der Waals surface area contributed by atoms with Gasteiger partial charge in [0.2, 0.25) is 0 Å². The average Bonchev–Trinajstić information content (AvgIpc) is 3.10. The molecular formula is C18H26N4O. The minimum Gasteiger partial charge on any atom is -0.373 e. The third kappa shape index (κ3) is 4.12. The first-order valence-corrected chi connectivity index (χ1v) is 8.38. The van der Waals surface area contributed by atoms with Crippen LogP contribution >= 0.6 is 0 Å². The lowest BCUT2D eigenvalue weighted by atomic mass is 10.1. The van der Waals surface area contributed by atoms with Crippen LogP contribution < -0.4 is 4.90 Å². The lowest BCUT2D eigenvalue weighted by molar-refractivity contribution is -0.0289. The summed E-state index contributed by atoms with van der Waals surface area (Å²) in [5.41, 5.74) is 2.45. The van der Waals surface area contributed by atoms with Crippen LogP contribution in [0, 0.1) is 0 Å². The molecule has 3 rings (SSSR count). The van der Waals surface area contributed by atoms with Gasteiger partial charge in [-0.1, -0.05) is 18.2 Å². The molecule has 2 heterocycles. The molecule has 5 nitrogen and oxygen atoms in total. The van der Waals surface area contributed by atoms with Crippen molar-refractivity contribution in [1.82, 2.24) is 14.7 Å². The molecule has 0 bridgehead atoms. The highest BCUT2D eigenvalue weighted by Crippen LogP contribution is 2.21. The van der Waals surface area contributed by atoms with E-state index in [9.17, 15) is 0 Å². The number of likely N-dealkylation sites (N-methyl/N-ethyl adjacent to an activating group) is 1. The van der Waals surface area contributed by atoms with E-state index < -0.39 is 0 Å². The second kappa shape index (κ2) is 7.62. The van der Waals surface area contributed by atoms with Crippen LogP contribution in [-0.4, -0.2) is 54.5 Å². The standard InChI is InChI=1S/C18H26N4O/c1-3-22-14-16(13-19-22)18-15-21(11-12-23-18)10-9-20(2)17-7-5-4-6-8-17/h4-8,13-14,18H,3,9-12,15H2,1-2H3/t18-/m1/s1. The maximum Gasteiger partial charge on any atom is 0.0982 e.